The molecule has 0 radical (unpaired) electrons. The van der Waals surface area contributed by atoms with E-state index in [1.165, 1.54) is 0 Å². The van der Waals surface area contributed by atoms with E-state index in [4.69, 9.17) is 19.6 Å². The zero-order valence-electron chi connectivity index (χ0n) is 32.2. The van der Waals surface area contributed by atoms with Crippen molar-refractivity contribution in [3.05, 3.63) is 86.1 Å². The minimum atomic E-state index is -1.19. The van der Waals surface area contributed by atoms with E-state index in [-0.39, 0.29) is 48.1 Å². The van der Waals surface area contributed by atoms with Gasteiger partial charge in [-0.2, -0.15) is 0 Å². The maximum Gasteiger partial charge on any atom is 0.339 e. The second-order valence-electron chi connectivity index (χ2n) is 16.2. The molecule has 5 heterocycles. The molecule has 1 spiro atoms. The number of ether oxygens (including phenoxy) is 2. The summed E-state index contributed by atoms with van der Waals surface area (Å²) in [5.74, 6) is 0.794. The van der Waals surface area contributed by atoms with E-state index >= 15 is 0 Å². The quantitative estimate of drug-likeness (QED) is 0.0789. The van der Waals surface area contributed by atoms with Crippen molar-refractivity contribution in [1.29, 1.82) is 0 Å². The lowest BCUT2D eigenvalue weighted by molar-refractivity contribution is -0.186. The Morgan fingerprint density at radius 3 is 2.84 bits per heavy atom. The molecule has 8 rings (SSSR count). The Hall–Kier alpha value is -3.98. The van der Waals surface area contributed by atoms with Gasteiger partial charge < -0.3 is 45.1 Å². The summed E-state index contributed by atoms with van der Waals surface area (Å²) in [6.07, 6.45) is 9.32. The zero-order chi connectivity index (χ0) is 39.5. The van der Waals surface area contributed by atoms with Crippen LogP contribution in [-0.4, -0.2) is 89.2 Å². The second kappa shape index (κ2) is 15.1. The molecule has 2 fully saturated rings. The second-order valence-corrected chi connectivity index (χ2v) is 18.8. The number of hydrogen-bond acceptors (Lipinski definition) is 13. The fraction of sp³-hybridized carbons (Fsp3) is 0.524. The summed E-state index contributed by atoms with van der Waals surface area (Å²) < 4.78 is 19.7. The van der Waals surface area contributed by atoms with E-state index in [1.54, 1.807) is 47.6 Å². The monoisotopic (exact) mass is 802 g/mol. The molecule has 2 aliphatic carbocycles. The molecule has 6 aliphatic rings. The number of benzene rings is 1. The van der Waals surface area contributed by atoms with Crippen LogP contribution in [0.4, 0.5) is 0 Å². The maximum absolute atomic E-state index is 14.4. The molecule has 4 aliphatic heterocycles. The number of carbonyl (C=O) groups is 3. The van der Waals surface area contributed by atoms with Gasteiger partial charge in [0.05, 0.1) is 24.2 Å². The minimum Gasteiger partial charge on any atom is -0.481 e. The van der Waals surface area contributed by atoms with E-state index in [0.717, 1.165) is 34.0 Å². The van der Waals surface area contributed by atoms with E-state index in [1.807, 2.05) is 37.1 Å². The topological polar surface area (TPSA) is 173 Å². The van der Waals surface area contributed by atoms with Crippen molar-refractivity contribution in [2.75, 3.05) is 32.5 Å². The molecule has 8 atom stereocenters. The summed E-state index contributed by atoms with van der Waals surface area (Å²) in [5, 5.41) is 16.9. The molecule has 1 amide bonds. The Balaban J connectivity index is 1.27. The highest BCUT2D eigenvalue weighted by molar-refractivity contribution is 8.77. The number of aryl methyl sites for hydroxylation is 1. The number of nitrogens with two attached hydrogens (primary N) is 1. The van der Waals surface area contributed by atoms with Gasteiger partial charge in [0, 0.05) is 84.0 Å². The van der Waals surface area contributed by atoms with Crippen LogP contribution in [0.5, 0.6) is 5.75 Å². The van der Waals surface area contributed by atoms with Crippen LogP contribution in [0.3, 0.4) is 0 Å². The molecule has 8 unspecified atom stereocenters. The van der Waals surface area contributed by atoms with Crippen molar-refractivity contribution in [2.24, 2.45) is 23.5 Å². The van der Waals surface area contributed by atoms with Crippen LogP contribution in [0.15, 0.2) is 73.8 Å². The third kappa shape index (κ3) is 6.40. The first kappa shape index (κ1) is 38.9. The summed E-state index contributed by atoms with van der Waals surface area (Å²) in [5.41, 5.74) is 8.79. The number of esters is 1. The van der Waals surface area contributed by atoms with Crippen LogP contribution in [0, 0.1) is 17.8 Å². The molecule has 5 N–H and O–H groups in total. The van der Waals surface area contributed by atoms with Gasteiger partial charge in [0.2, 0.25) is 5.91 Å². The van der Waals surface area contributed by atoms with Gasteiger partial charge in [0.1, 0.15) is 17.6 Å². The number of fused-ring (bicyclic) bond motifs is 5. The molecule has 298 valence electrons. The van der Waals surface area contributed by atoms with E-state index in [9.17, 15) is 24.3 Å². The molecule has 1 saturated carbocycles. The van der Waals surface area contributed by atoms with Gasteiger partial charge in [0.15, 0.2) is 11.2 Å². The lowest BCUT2D eigenvalue weighted by Gasteiger charge is -2.58. The van der Waals surface area contributed by atoms with E-state index < -0.39 is 28.7 Å². The van der Waals surface area contributed by atoms with Crippen molar-refractivity contribution in [2.45, 2.75) is 87.8 Å². The third-order valence-corrected chi connectivity index (χ3v) is 15.9. The van der Waals surface area contributed by atoms with Crippen LogP contribution in [0.25, 0.3) is 11.0 Å². The van der Waals surface area contributed by atoms with Gasteiger partial charge >= 0.3 is 11.6 Å². The summed E-state index contributed by atoms with van der Waals surface area (Å²) in [7, 11) is 5.39. The number of amides is 1. The van der Waals surface area contributed by atoms with Crippen LogP contribution < -0.4 is 26.7 Å². The number of rotatable bonds is 7. The lowest BCUT2D eigenvalue weighted by atomic mass is 9.61. The largest absolute Gasteiger partial charge is 0.481 e. The van der Waals surface area contributed by atoms with Crippen LogP contribution in [0.1, 0.15) is 57.6 Å². The number of hydrogen-bond donors (Lipinski definition) is 4. The van der Waals surface area contributed by atoms with Gasteiger partial charge in [-0.15, -0.1) is 0 Å². The van der Waals surface area contributed by atoms with Crippen LogP contribution >= 0.6 is 21.6 Å². The van der Waals surface area contributed by atoms with Crippen molar-refractivity contribution >= 4 is 50.7 Å². The molecule has 56 heavy (non-hydrogen) atoms. The Bertz CT molecular complexity index is 2160. The first-order chi connectivity index (χ1) is 26.9. The van der Waals surface area contributed by atoms with Crippen LogP contribution in [-0.2, 0) is 32.0 Å². The standard InChI is InChI=1S/C42H50N4O8S2/c1-5-22(2)39(50)54-41(3)9-8-24-21-55-56-33-13-28(20-48)37(44-4)30-19-46(38(30)33)35(49)14-27-18-45-34(43)15-29(27)36(24)42(41)17-26-12-25-11-23(7-6-10-47)40(51)52-31(25)16-32(26)53-42/h5,8,11-12,15-16,20,28,30,33,36-38,44-45,47H,6-7,9-10,13-14,17-19,21,43H2,1-4H3. The number of nitrogens with one attached hydrogen (secondary N) is 2. The number of carbonyl (C=O) groups excluding carboxylic acids is 3. The van der Waals surface area contributed by atoms with Gasteiger partial charge in [-0.05, 0) is 82.0 Å². The Morgan fingerprint density at radius 2 is 2.09 bits per heavy atom. The third-order valence-electron chi connectivity index (χ3n) is 13.1. The van der Waals surface area contributed by atoms with Gasteiger partial charge in [-0.1, -0.05) is 39.3 Å². The summed E-state index contributed by atoms with van der Waals surface area (Å²) in [6.45, 7) is 6.39. The molecule has 12 nitrogen and oxygen atoms in total. The predicted molar refractivity (Wildman–Crippen MR) is 217 cm³/mol. The number of aldehydes is 1. The smallest absolute Gasteiger partial charge is 0.339 e. The van der Waals surface area contributed by atoms with Gasteiger partial charge in [0.25, 0.3) is 0 Å². The van der Waals surface area contributed by atoms with Crippen LogP contribution in [0.2, 0.25) is 0 Å². The average Bonchev–Trinajstić information content (AvgIpc) is 3.53. The molecular formula is C42H50N4O8S2. The Morgan fingerprint density at radius 1 is 1.27 bits per heavy atom. The highest BCUT2D eigenvalue weighted by Gasteiger charge is 2.64. The summed E-state index contributed by atoms with van der Waals surface area (Å²) in [4.78, 5) is 55.5. The first-order valence-electron chi connectivity index (χ1n) is 19.5. The highest BCUT2D eigenvalue weighted by Crippen LogP contribution is 2.58. The van der Waals surface area contributed by atoms with E-state index in [0.29, 0.717) is 79.2 Å². The molecule has 1 aromatic carbocycles. The molecule has 2 aromatic rings. The normalized spacial score (nSPS) is 32.6. The van der Waals surface area contributed by atoms with Crippen molar-refractivity contribution in [3.8, 4) is 5.75 Å². The summed E-state index contributed by atoms with van der Waals surface area (Å²) >= 11 is 0. The molecular weight excluding hydrogens is 753 g/mol. The highest BCUT2D eigenvalue weighted by atomic mass is 33.1. The van der Waals surface area contributed by atoms with Gasteiger partial charge in [-0.25, -0.2) is 9.59 Å². The maximum atomic E-state index is 14.4. The predicted octanol–water partition coefficient (Wildman–Crippen LogP) is 4.09. The van der Waals surface area contributed by atoms with Crippen molar-refractivity contribution < 1.29 is 33.4 Å². The Kier molecular flexibility index (Phi) is 10.5. The zero-order valence-corrected chi connectivity index (χ0v) is 33.9. The number of nitrogens with zero attached hydrogens (tertiary/aromatic N) is 1. The fourth-order valence-corrected chi connectivity index (χ4v) is 13.1. The molecule has 1 saturated heterocycles. The minimum absolute atomic E-state index is 0.0278. The van der Waals surface area contributed by atoms with Gasteiger partial charge in [-0.3, -0.25) is 4.79 Å². The van der Waals surface area contributed by atoms with Crippen molar-refractivity contribution in [3.63, 3.8) is 0 Å². The SMILES string of the molecule is CC=C(C)C(=O)OC1(C)CC=C2CSSC3CC(C=O)C(NC)C4CN(C(=O)CC5=C(C=C(N)NC5)C2C12Cc1cc5cc(CCCO)c(=O)oc5cc1O2)C34. The van der Waals surface area contributed by atoms with Crippen molar-refractivity contribution in [1.82, 2.24) is 15.5 Å². The average molecular weight is 803 g/mol. The summed E-state index contributed by atoms with van der Waals surface area (Å²) in [6, 6.07) is 5.62. The molecule has 1 aromatic heterocycles. The first-order valence-corrected chi connectivity index (χ1v) is 21.9. The number of allylic oxidation sites excluding steroid dienone is 2. The molecule has 14 heteroatoms. The number of dihydropyridines is 1. The lowest BCUT2D eigenvalue weighted by Crippen LogP contribution is -2.71. The molecule has 0 bridgehead atoms. The number of aliphatic hydroxyl groups excluding tert-OH is 1. The van der Waals surface area contributed by atoms with E-state index in [2.05, 4.69) is 16.7 Å². The Labute approximate surface area is 334 Å². The fourth-order valence-electron chi connectivity index (χ4n) is 9.95. The number of aliphatic hydroxyl groups is 1.